The first-order valence-electron chi connectivity index (χ1n) is 4.41. The number of ketones is 1. The maximum Gasteiger partial charge on any atom is 0.138 e. The van der Waals surface area contributed by atoms with E-state index >= 15 is 0 Å². The van der Waals surface area contributed by atoms with Gasteiger partial charge in [0.25, 0.3) is 0 Å². The lowest BCUT2D eigenvalue weighted by molar-refractivity contribution is -0.123. The van der Waals surface area contributed by atoms with Crippen LogP contribution in [0.25, 0.3) is 0 Å². The van der Waals surface area contributed by atoms with Gasteiger partial charge >= 0.3 is 0 Å². The Balaban J connectivity index is 2.21. The number of carbonyl (C=O) groups is 1. The highest BCUT2D eigenvalue weighted by Crippen LogP contribution is 2.45. The van der Waals surface area contributed by atoms with Crippen LogP contribution in [0.5, 0.6) is 0 Å². The standard InChI is InChI=1S/C9H14O2/c1-5-4-8(11)9-6(5)2-3-7(9)10/h5-6,8-9,11H,2-4H2,1H3/t5-,6-,8?,9+/m1/s1. The maximum atomic E-state index is 11.3. The number of aliphatic hydroxyl groups excluding tert-OH is 1. The third-order valence-corrected chi connectivity index (χ3v) is 3.32. The molecule has 0 aromatic rings. The Morgan fingerprint density at radius 1 is 1.55 bits per heavy atom. The van der Waals surface area contributed by atoms with E-state index in [2.05, 4.69) is 6.92 Å². The van der Waals surface area contributed by atoms with E-state index in [1.165, 1.54) is 0 Å². The predicted molar refractivity (Wildman–Crippen MR) is 41.0 cm³/mol. The van der Waals surface area contributed by atoms with E-state index in [1.54, 1.807) is 0 Å². The van der Waals surface area contributed by atoms with Crippen LogP contribution in [-0.2, 0) is 4.79 Å². The Hall–Kier alpha value is -0.370. The molecule has 2 aliphatic rings. The lowest BCUT2D eigenvalue weighted by Crippen LogP contribution is -2.21. The van der Waals surface area contributed by atoms with Gasteiger partial charge in [-0.05, 0) is 24.7 Å². The molecule has 11 heavy (non-hydrogen) atoms. The van der Waals surface area contributed by atoms with Crippen LogP contribution in [0.2, 0.25) is 0 Å². The summed E-state index contributed by atoms with van der Waals surface area (Å²) >= 11 is 0. The summed E-state index contributed by atoms with van der Waals surface area (Å²) in [4.78, 5) is 11.3. The van der Waals surface area contributed by atoms with Crippen LogP contribution in [0.1, 0.15) is 26.2 Å². The minimum absolute atomic E-state index is 0.00463. The second-order valence-corrected chi connectivity index (χ2v) is 3.97. The molecule has 0 aliphatic heterocycles. The van der Waals surface area contributed by atoms with Crippen molar-refractivity contribution >= 4 is 5.78 Å². The monoisotopic (exact) mass is 154 g/mol. The van der Waals surface area contributed by atoms with Crippen molar-refractivity contribution < 1.29 is 9.90 Å². The molecule has 0 spiro atoms. The molecule has 2 aliphatic carbocycles. The second kappa shape index (κ2) is 2.31. The maximum absolute atomic E-state index is 11.3. The van der Waals surface area contributed by atoms with Crippen molar-refractivity contribution in [2.75, 3.05) is 0 Å². The molecule has 62 valence electrons. The summed E-state index contributed by atoms with van der Waals surface area (Å²) in [6, 6.07) is 0. The van der Waals surface area contributed by atoms with Crippen molar-refractivity contribution in [3.05, 3.63) is 0 Å². The van der Waals surface area contributed by atoms with Gasteiger partial charge in [0.2, 0.25) is 0 Å². The quantitative estimate of drug-likeness (QED) is 0.564. The number of hydrogen-bond donors (Lipinski definition) is 1. The SMILES string of the molecule is C[C@@H]1CC(O)[C@@H]2C(=O)CC[C@H]12. The fraction of sp³-hybridized carbons (Fsp3) is 0.889. The number of aliphatic hydroxyl groups is 1. The second-order valence-electron chi connectivity index (χ2n) is 3.97. The van der Waals surface area contributed by atoms with Crippen molar-refractivity contribution in [1.29, 1.82) is 0 Å². The van der Waals surface area contributed by atoms with E-state index in [9.17, 15) is 9.90 Å². The van der Waals surface area contributed by atoms with Gasteiger partial charge in [-0.3, -0.25) is 4.79 Å². The zero-order chi connectivity index (χ0) is 8.01. The van der Waals surface area contributed by atoms with Gasteiger partial charge in [-0.15, -0.1) is 0 Å². The highest BCUT2D eigenvalue weighted by Gasteiger charge is 2.47. The smallest absolute Gasteiger partial charge is 0.138 e. The summed E-state index contributed by atoms with van der Waals surface area (Å²) < 4.78 is 0. The van der Waals surface area contributed by atoms with Gasteiger partial charge in [0, 0.05) is 12.3 Å². The number of carbonyl (C=O) groups excluding carboxylic acids is 1. The molecule has 0 aromatic carbocycles. The highest BCUT2D eigenvalue weighted by molar-refractivity contribution is 5.84. The zero-order valence-electron chi connectivity index (χ0n) is 6.79. The molecule has 0 aromatic heterocycles. The lowest BCUT2D eigenvalue weighted by Gasteiger charge is -2.11. The summed E-state index contributed by atoms with van der Waals surface area (Å²) in [7, 11) is 0. The molecule has 0 radical (unpaired) electrons. The molecule has 2 rings (SSSR count). The first-order valence-corrected chi connectivity index (χ1v) is 4.41. The normalized spacial score (nSPS) is 49.8. The minimum atomic E-state index is -0.329. The molecule has 0 heterocycles. The summed E-state index contributed by atoms with van der Waals surface area (Å²) in [6.07, 6.45) is 2.23. The van der Waals surface area contributed by atoms with E-state index in [4.69, 9.17) is 0 Å². The molecular formula is C9H14O2. The van der Waals surface area contributed by atoms with Crippen molar-refractivity contribution in [2.45, 2.75) is 32.3 Å². The number of fused-ring (bicyclic) bond motifs is 1. The molecule has 2 fully saturated rings. The average Bonchev–Trinajstić information content (AvgIpc) is 2.41. The van der Waals surface area contributed by atoms with Crippen LogP contribution in [0, 0.1) is 17.8 Å². The zero-order valence-corrected chi connectivity index (χ0v) is 6.79. The summed E-state index contributed by atoms with van der Waals surface area (Å²) in [5, 5.41) is 9.52. The summed E-state index contributed by atoms with van der Waals surface area (Å²) in [6.45, 7) is 2.15. The topological polar surface area (TPSA) is 37.3 Å². The van der Waals surface area contributed by atoms with Crippen molar-refractivity contribution in [3.8, 4) is 0 Å². The van der Waals surface area contributed by atoms with Gasteiger partial charge in [0.15, 0.2) is 0 Å². The van der Waals surface area contributed by atoms with E-state index in [-0.39, 0.29) is 12.0 Å². The Kier molecular flexibility index (Phi) is 1.53. The third kappa shape index (κ3) is 0.924. The first-order chi connectivity index (χ1) is 5.20. The molecule has 2 saturated carbocycles. The van der Waals surface area contributed by atoms with Gasteiger partial charge in [-0.25, -0.2) is 0 Å². The van der Waals surface area contributed by atoms with Crippen LogP contribution in [0.15, 0.2) is 0 Å². The Labute approximate surface area is 66.6 Å². The third-order valence-electron chi connectivity index (χ3n) is 3.32. The van der Waals surface area contributed by atoms with Crippen LogP contribution in [0.3, 0.4) is 0 Å². The molecule has 1 N–H and O–H groups in total. The first kappa shape index (κ1) is 7.29. The molecule has 0 amide bonds. The van der Waals surface area contributed by atoms with Crippen LogP contribution < -0.4 is 0 Å². The predicted octanol–water partition coefficient (Wildman–Crippen LogP) is 0.982. The van der Waals surface area contributed by atoms with Gasteiger partial charge in [0.1, 0.15) is 5.78 Å². The summed E-state index contributed by atoms with van der Waals surface area (Å²) in [5.41, 5.74) is 0. The van der Waals surface area contributed by atoms with Crippen molar-refractivity contribution in [1.82, 2.24) is 0 Å². The molecule has 2 nitrogen and oxygen atoms in total. The number of rotatable bonds is 0. The van der Waals surface area contributed by atoms with E-state index in [1.807, 2.05) is 0 Å². The highest BCUT2D eigenvalue weighted by atomic mass is 16.3. The minimum Gasteiger partial charge on any atom is -0.392 e. The van der Waals surface area contributed by atoms with Gasteiger partial charge in [-0.2, -0.15) is 0 Å². The summed E-state index contributed by atoms with van der Waals surface area (Å²) in [5.74, 6) is 1.36. The number of Topliss-reactive ketones (excluding diaryl/α,β-unsaturated/α-hetero) is 1. The molecule has 0 bridgehead atoms. The van der Waals surface area contributed by atoms with E-state index < -0.39 is 0 Å². The molecule has 4 atom stereocenters. The van der Waals surface area contributed by atoms with Gasteiger partial charge < -0.3 is 5.11 Å². The van der Waals surface area contributed by atoms with E-state index in [0.29, 0.717) is 24.0 Å². The molecular weight excluding hydrogens is 140 g/mol. The fourth-order valence-corrected chi connectivity index (χ4v) is 2.73. The van der Waals surface area contributed by atoms with Gasteiger partial charge in [0.05, 0.1) is 6.10 Å². The molecule has 0 saturated heterocycles. The Morgan fingerprint density at radius 3 is 2.91 bits per heavy atom. The molecule has 1 unspecified atom stereocenters. The Bertz CT molecular complexity index is 188. The van der Waals surface area contributed by atoms with Crippen LogP contribution in [0.4, 0.5) is 0 Å². The van der Waals surface area contributed by atoms with Gasteiger partial charge in [-0.1, -0.05) is 6.92 Å². The van der Waals surface area contributed by atoms with E-state index in [0.717, 1.165) is 12.8 Å². The average molecular weight is 154 g/mol. The van der Waals surface area contributed by atoms with Crippen LogP contribution in [-0.4, -0.2) is 17.0 Å². The van der Waals surface area contributed by atoms with Crippen molar-refractivity contribution in [2.24, 2.45) is 17.8 Å². The largest absolute Gasteiger partial charge is 0.392 e. The van der Waals surface area contributed by atoms with Crippen molar-refractivity contribution in [3.63, 3.8) is 0 Å². The Morgan fingerprint density at radius 2 is 2.27 bits per heavy atom. The lowest BCUT2D eigenvalue weighted by atomic mass is 9.93. The van der Waals surface area contributed by atoms with Crippen LogP contribution >= 0.6 is 0 Å². The fourth-order valence-electron chi connectivity index (χ4n) is 2.73. The number of hydrogen-bond acceptors (Lipinski definition) is 2. The molecule has 2 heteroatoms.